The number of carbonyl (C=O) groups excluding carboxylic acids is 1. The zero-order chi connectivity index (χ0) is 20.7. The summed E-state index contributed by atoms with van der Waals surface area (Å²) in [7, 11) is -3.55. The molecule has 1 aromatic carbocycles. The number of benzene rings is 1. The van der Waals surface area contributed by atoms with Crippen LogP contribution in [0.1, 0.15) is 37.9 Å². The van der Waals surface area contributed by atoms with Gasteiger partial charge in [0.2, 0.25) is 15.9 Å². The molecule has 0 unspecified atom stereocenters. The SMILES string of the molecule is O=C(C=Cc1ccco1)NC(=S)Nc1ccc(S(=O)(=O)NC2CCCCC2)cc1. The van der Waals surface area contributed by atoms with E-state index >= 15 is 0 Å². The molecule has 154 valence electrons. The largest absolute Gasteiger partial charge is 0.465 e. The Hall–Kier alpha value is -2.49. The molecule has 1 saturated carbocycles. The van der Waals surface area contributed by atoms with E-state index in [9.17, 15) is 13.2 Å². The predicted molar refractivity (Wildman–Crippen MR) is 116 cm³/mol. The normalized spacial score (nSPS) is 15.3. The molecule has 1 aliphatic rings. The first-order valence-corrected chi connectivity index (χ1v) is 11.3. The van der Waals surface area contributed by atoms with Gasteiger partial charge in [-0.25, -0.2) is 13.1 Å². The molecule has 0 atom stereocenters. The third kappa shape index (κ3) is 6.52. The molecular weight excluding hydrogens is 410 g/mol. The van der Waals surface area contributed by atoms with Gasteiger partial charge in [0.25, 0.3) is 0 Å². The third-order valence-corrected chi connectivity index (χ3v) is 6.27. The van der Waals surface area contributed by atoms with E-state index in [4.69, 9.17) is 16.6 Å². The molecular formula is C20H23N3O4S2. The molecule has 1 aromatic heterocycles. The van der Waals surface area contributed by atoms with Gasteiger partial charge >= 0.3 is 0 Å². The molecule has 2 aromatic rings. The maximum atomic E-state index is 12.5. The van der Waals surface area contributed by atoms with Crippen molar-refractivity contribution in [3.63, 3.8) is 0 Å². The Labute approximate surface area is 175 Å². The lowest BCUT2D eigenvalue weighted by Gasteiger charge is -2.22. The highest BCUT2D eigenvalue weighted by molar-refractivity contribution is 7.89. The highest BCUT2D eigenvalue weighted by atomic mass is 32.2. The van der Waals surface area contributed by atoms with Crippen molar-refractivity contribution in [3.05, 3.63) is 54.5 Å². The van der Waals surface area contributed by atoms with Crippen LogP contribution in [0.2, 0.25) is 0 Å². The number of hydrogen-bond acceptors (Lipinski definition) is 5. The van der Waals surface area contributed by atoms with Crippen molar-refractivity contribution in [3.8, 4) is 0 Å². The summed E-state index contributed by atoms with van der Waals surface area (Å²) < 4.78 is 32.9. The smallest absolute Gasteiger partial charge is 0.250 e. The molecule has 29 heavy (non-hydrogen) atoms. The number of hydrogen-bond donors (Lipinski definition) is 3. The highest BCUT2D eigenvalue weighted by Crippen LogP contribution is 2.20. The van der Waals surface area contributed by atoms with Gasteiger partial charge < -0.3 is 9.73 Å². The Bertz CT molecular complexity index is 962. The number of nitrogens with one attached hydrogen (secondary N) is 3. The summed E-state index contributed by atoms with van der Waals surface area (Å²) in [5.41, 5.74) is 0.571. The average Bonchev–Trinajstić information content (AvgIpc) is 3.21. The van der Waals surface area contributed by atoms with Crippen LogP contribution < -0.4 is 15.4 Å². The second-order valence-corrected chi connectivity index (χ2v) is 8.89. The van der Waals surface area contributed by atoms with Gasteiger partial charge in [0.1, 0.15) is 5.76 Å². The summed E-state index contributed by atoms with van der Waals surface area (Å²) in [5, 5.41) is 5.47. The molecule has 1 fully saturated rings. The van der Waals surface area contributed by atoms with E-state index in [1.807, 2.05) is 0 Å². The van der Waals surface area contributed by atoms with Crippen LogP contribution in [0.5, 0.6) is 0 Å². The van der Waals surface area contributed by atoms with Crippen molar-refractivity contribution in [2.45, 2.75) is 43.0 Å². The Morgan fingerprint density at radius 1 is 1.10 bits per heavy atom. The second-order valence-electron chi connectivity index (χ2n) is 6.77. The van der Waals surface area contributed by atoms with E-state index in [2.05, 4.69) is 15.4 Å². The van der Waals surface area contributed by atoms with Gasteiger partial charge in [0.15, 0.2) is 5.11 Å². The number of anilines is 1. The van der Waals surface area contributed by atoms with Gasteiger partial charge in [-0.1, -0.05) is 19.3 Å². The first kappa shape index (κ1) is 21.2. The van der Waals surface area contributed by atoms with Gasteiger partial charge in [0, 0.05) is 17.8 Å². The summed E-state index contributed by atoms with van der Waals surface area (Å²) in [6.45, 7) is 0. The Kier molecular flexibility index (Phi) is 7.18. The van der Waals surface area contributed by atoms with Gasteiger partial charge in [0.05, 0.1) is 11.2 Å². The van der Waals surface area contributed by atoms with E-state index in [1.165, 1.54) is 30.5 Å². The monoisotopic (exact) mass is 433 g/mol. The Balaban J connectivity index is 1.52. The van der Waals surface area contributed by atoms with Crippen molar-refractivity contribution in [1.29, 1.82) is 0 Å². The fraction of sp³-hybridized carbons (Fsp3) is 0.300. The fourth-order valence-corrected chi connectivity index (χ4v) is 4.61. The lowest BCUT2D eigenvalue weighted by molar-refractivity contribution is -0.115. The van der Waals surface area contributed by atoms with Crippen LogP contribution in [0.4, 0.5) is 5.69 Å². The molecule has 3 N–H and O–H groups in total. The molecule has 7 nitrogen and oxygen atoms in total. The number of thiocarbonyl (C=S) groups is 1. The van der Waals surface area contributed by atoms with Gasteiger partial charge in [-0.2, -0.15) is 0 Å². The van der Waals surface area contributed by atoms with Crippen molar-refractivity contribution in [2.24, 2.45) is 0 Å². The fourth-order valence-electron chi connectivity index (χ4n) is 3.09. The average molecular weight is 434 g/mol. The maximum absolute atomic E-state index is 12.5. The van der Waals surface area contributed by atoms with Crippen LogP contribution in [0, 0.1) is 0 Å². The third-order valence-electron chi connectivity index (χ3n) is 4.53. The van der Waals surface area contributed by atoms with Crippen LogP contribution in [-0.2, 0) is 14.8 Å². The molecule has 3 rings (SSSR count). The van der Waals surface area contributed by atoms with Crippen LogP contribution >= 0.6 is 12.2 Å². The summed E-state index contributed by atoms with van der Waals surface area (Å²) in [5.74, 6) is 0.146. The molecule has 1 aliphatic carbocycles. The second kappa shape index (κ2) is 9.82. The van der Waals surface area contributed by atoms with Gasteiger partial charge in [-0.05, 0) is 67.5 Å². The molecule has 9 heteroatoms. The maximum Gasteiger partial charge on any atom is 0.250 e. The van der Waals surface area contributed by atoms with Crippen molar-refractivity contribution in [1.82, 2.24) is 10.0 Å². The first-order chi connectivity index (χ1) is 13.9. The Morgan fingerprint density at radius 2 is 1.83 bits per heavy atom. The standard InChI is InChI=1S/C20H23N3O4S2/c24-19(13-10-17-7-4-14-27-17)22-20(28)21-15-8-11-18(12-9-15)29(25,26)23-16-5-2-1-3-6-16/h4,7-14,16,23H,1-3,5-6H2,(H2,21,22,24,28). The lowest BCUT2D eigenvalue weighted by Crippen LogP contribution is -2.36. The topological polar surface area (TPSA) is 100 Å². The van der Waals surface area contributed by atoms with Crippen LogP contribution in [0.3, 0.4) is 0 Å². The van der Waals surface area contributed by atoms with Crippen molar-refractivity contribution in [2.75, 3.05) is 5.32 Å². The number of furan rings is 1. The van der Waals surface area contributed by atoms with Crippen LogP contribution in [0.25, 0.3) is 6.08 Å². The first-order valence-electron chi connectivity index (χ1n) is 9.38. The number of amides is 1. The minimum Gasteiger partial charge on any atom is -0.465 e. The predicted octanol–water partition coefficient (Wildman–Crippen LogP) is 3.42. The molecule has 0 radical (unpaired) electrons. The van der Waals surface area contributed by atoms with Crippen molar-refractivity contribution >= 4 is 45.0 Å². The molecule has 0 aliphatic heterocycles. The van der Waals surface area contributed by atoms with E-state index < -0.39 is 15.9 Å². The Morgan fingerprint density at radius 3 is 2.48 bits per heavy atom. The van der Waals surface area contributed by atoms with Crippen LogP contribution in [0.15, 0.2) is 58.1 Å². The number of rotatable bonds is 6. The lowest BCUT2D eigenvalue weighted by atomic mass is 9.96. The number of sulfonamides is 1. The van der Waals surface area contributed by atoms with E-state index in [0.717, 1.165) is 32.1 Å². The highest BCUT2D eigenvalue weighted by Gasteiger charge is 2.21. The quantitative estimate of drug-likeness (QED) is 0.477. The summed E-state index contributed by atoms with van der Waals surface area (Å²) in [6, 6.07) is 9.67. The number of carbonyl (C=O) groups is 1. The molecule has 0 spiro atoms. The van der Waals surface area contributed by atoms with E-state index in [0.29, 0.717) is 11.4 Å². The zero-order valence-corrected chi connectivity index (χ0v) is 17.4. The van der Waals surface area contributed by atoms with Gasteiger partial charge in [-0.3, -0.25) is 10.1 Å². The minimum absolute atomic E-state index is 0.00331. The van der Waals surface area contributed by atoms with E-state index in [-0.39, 0.29) is 16.0 Å². The summed E-state index contributed by atoms with van der Waals surface area (Å²) >= 11 is 5.11. The van der Waals surface area contributed by atoms with Crippen LogP contribution in [-0.4, -0.2) is 25.5 Å². The summed E-state index contributed by atoms with van der Waals surface area (Å²) in [4.78, 5) is 12.1. The zero-order valence-electron chi connectivity index (χ0n) is 15.8. The summed E-state index contributed by atoms with van der Waals surface area (Å²) in [6.07, 6.45) is 9.36. The molecule has 0 saturated heterocycles. The van der Waals surface area contributed by atoms with Gasteiger partial charge in [-0.15, -0.1) is 0 Å². The molecule has 1 amide bonds. The van der Waals surface area contributed by atoms with Crippen molar-refractivity contribution < 1.29 is 17.6 Å². The molecule has 1 heterocycles. The minimum atomic E-state index is -3.55. The molecule has 0 bridgehead atoms. The van der Waals surface area contributed by atoms with E-state index in [1.54, 1.807) is 24.3 Å².